The van der Waals surface area contributed by atoms with Crippen LogP contribution in [0.3, 0.4) is 0 Å². The third-order valence-corrected chi connectivity index (χ3v) is 7.25. The summed E-state index contributed by atoms with van der Waals surface area (Å²) in [4.78, 5) is 40.7. The molecule has 3 aliphatic heterocycles. The molecule has 10 heteroatoms. The van der Waals surface area contributed by atoms with Gasteiger partial charge in [-0.1, -0.05) is 18.2 Å². The smallest absolute Gasteiger partial charge is 0.353 e. The third-order valence-electron chi connectivity index (χ3n) is 7.25. The predicted octanol–water partition coefficient (Wildman–Crippen LogP) is 3.41. The van der Waals surface area contributed by atoms with Gasteiger partial charge in [-0.15, -0.1) is 0 Å². The lowest BCUT2D eigenvalue weighted by molar-refractivity contribution is -0.137. The summed E-state index contributed by atoms with van der Waals surface area (Å²) in [6.07, 6.45) is -2.10. The lowest BCUT2D eigenvalue weighted by Gasteiger charge is -2.38. The first-order chi connectivity index (χ1) is 17.2. The van der Waals surface area contributed by atoms with Gasteiger partial charge in [0.25, 0.3) is 5.91 Å². The number of piperidine rings is 2. The fourth-order valence-corrected chi connectivity index (χ4v) is 5.25. The Balaban J connectivity index is 1.35. The Labute approximate surface area is 206 Å². The highest BCUT2D eigenvalue weighted by atomic mass is 19.4. The average Bonchev–Trinajstić information content (AvgIpc) is 2.98. The summed E-state index contributed by atoms with van der Waals surface area (Å²) < 4.78 is 39.5. The van der Waals surface area contributed by atoms with E-state index in [1.807, 2.05) is 0 Å². The molecule has 190 valence electrons. The van der Waals surface area contributed by atoms with Crippen LogP contribution in [0.25, 0.3) is 11.1 Å². The predicted molar refractivity (Wildman–Crippen MR) is 127 cm³/mol. The molecule has 2 saturated heterocycles. The van der Waals surface area contributed by atoms with Gasteiger partial charge in [-0.05, 0) is 74.2 Å². The van der Waals surface area contributed by atoms with Gasteiger partial charge < -0.3 is 20.9 Å². The molecule has 3 heterocycles. The van der Waals surface area contributed by atoms with Crippen molar-refractivity contribution in [3.05, 3.63) is 53.6 Å². The molecular weight excluding hydrogens is 473 g/mol. The molecule has 2 aromatic rings. The summed E-state index contributed by atoms with van der Waals surface area (Å²) in [7, 11) is 0. The van der Waals surface area contributed by atoms with E-state index in [1.54, 1.807) is 18.2 Å². The zero-order chi connectivity index (χ0) is 25.4. The minimum atomic E-state index is -4.48. The number of carbonyl (C=O) groups is 3. The maximum absolute atomic E-state index is 13.5. The van der Waals surface area contributed by atoms with E-state index in [2.05, 4.69) is 16.0 Å². The number of rotatable bonds is 3. The number of carbonyl (C=O) groups excluding carboxylic acids is 3. The van der Waals surface area contributed by atoms with Crippen molar-refractivity contribution < 1.29 is 27.6 Å². The summed E-state index contributed by atoms with van der Waals surface area (Å²) >= 11 is 0. The number of benzene rings is 2. The topological polar surface area (TPSA) is 90.5 Å². The van der Waals surface area contributed by atoms with Crippen LogP contribution in [0, 0.1) is 5.92 Å². The van der Waals surface area contributed by atoms with Crippen LogP contribution in [0.1, 0.15) is 41.6 Å². The molecule has 36 heavy (non-hydrogen) atoms. The molecule has 0 spiro atoms. The molecule has 7 nitrogen and oxygen atoms in total. The molecule has 3 N–H and O–H groups in total. The number of nitrogens with one attached hydrogen (secondary N) is 3. The van der Waals surface area contributed by atoms with Crippen LogP contribution in [0.4, 0.5) is 18.9 Å². The van der Waals surface area contributed by atoms with Gasteiger partial charge in [0.1, 0.15) is 6.04 Å². The van der Waals surface area contributed by atoms with Crippen LogP contribution in [0.15, 0.2) is 42.5 Å². The standard InChI is InChI=1S/C26H27F3N4O3/c27-26(28,29)18-3-1-2-16(12-18)17-4-5-21-20(13-17)25(36)33-11-8-19(14-22(33)24(35)32-21)31-23(34)15-6-9-30-10-7-15/h1-5,12-13,15,19,22,30H,6-11,14H2,(H,31,34)(H,32,35). The van der Waals surface area contributed by atoms with Crippen molar-refractivity contribution in [3.8, 4) is 11.1 Å². The summed E-state index contributed by atoms with van der Waals surface area (Å²) in [5.41, 5.74) is 0.559. The number of anilines is 1. The number of amides is 3. The highest BCUT2D eigenvalue weighted by Crippen LogP contribution is 2.35. The van der Waals surface area contributed by atoms with Crippen LogP contribution < -0.4 is 16.0 Å². The SMILES string of the molecule is O=C(NC1CCN2C(=O)c3cc(-c4cccc(C(F)(F)F)c4)ccc3NC(=O)C2C1)C1CCNCC1. The second kappa shape index (κ2) is 9.57. The maximum atomic E-state index is 13.5. The number of halogens is 3. The van der Waals surface area contributed by atoms with Crippen LogP contribution in [0.2, 0.25) is 0 Å². The molecule has 2 unspecified atom stereocenters. The molecule has 0 radical (unpaired) electrons. The van der Waals surface area contributed by atoms with E-state index in [9.17, 15) is 27.6 Å². The van der Waals surface area contributed by atoms with E-state index in [1.165, 1.54) is 17.0 Å². The van der Waals surface area contributed by atoms with Crippen molar-refractivity contribution in [2.24, 2.45) is 5.92 Å². The molecule has 5 rings (SSSR count). The maximum Gasteiger partial charge on any atom is 0.416 e. The number of nitrogens with zero attached hydrogens (tertiary/aromatic N) is 1. The van der Waals surface area contributed by atoms with Crippen molar-refractivity contribution in [3.63, 3.8) is 0 Å². The minimum absolute atomic E-state index is 0.00989. The van der Waals surface area contributed by atoms with Crippen LogP contribution in [0.5, 0.6) is 0 Å². The minimum Gasteiger partial charge on any atom is -0.353 e. The molecule has 2 atom stereocenters. The van der Waals surface area contributed by atoms with Crippen LogP contribution >= 0.6 is 0 Å². The largest absolute Gasteiger partial charge is 0.416 e. The van der Waals surface area contributed by atoms with Crippen molar-refractivity contribution in [2.75, 3.05) is 25.0 Å². The Bertz CT molecular complexity index is 1190. The van der Waals surface area contributed by atoms with Gasteiger partial charge in [0.05, 0.1) is 16.8 Å². The molecule has 2 fully saturated rings. The van der Waals surface area contributed by atoms with Gasteiger partial charge >= 0.3 is 6.18 Å². The Morgan fingerprint density at radius 2 is 1.75 bits per heavy atom. The molecule has 3 aliphatic rings. The summed E-state index contributed by atoms with van der Waals surface area (Å²) in [5.74, 6) is -0.753. The molecule has 0 bridgehead atoms. The zero-order valence-corrected chi connectivity index (χ0v) is 19.5. The van der Waals surface area contributed by atoms with E-state index in [0.717, 1.165) is 38.1 Å². The van der Waals surface area contributed by atoms with Gasteiger partial charge in [-0.25, -0.2) is 0 Å². The van der Waals surface area contributed by atoms with E-state index in [0.29, 0.717) is 36.2 Å². The average molecular weight is 501 g/mol. The van der Waals surface area contributed by atoms with E-state index in [-0.39, 0.29) is 35.2 Å². The zero-order valence-electron chi connectivity index (χ0n) is 19.5. The fraction of sp³-hybridized carbons (Fsp3) is 0.423. The Hall–Kier alpha value is -3.40. The lowest BCUT2D eigenvalue weighted by Crippen LogP contribution is -2.55. The molecule has 0 aromatic heterocycles. The van der Waals surface area contributed by atoms with Gasteiger partial charge in [-0.3, -0.25) is 14.4 Å². The monoisotopic (exact) mass is 500 g/mol. The fourth-order valence-electron chi connectivity index (χ4n) is 5.25. The number of hydrogen-bond acceptors (Lipinski definition) is 4. The van der Waals surface area contributed by atoms with Crippen molar-refractivity contribution in [1.29, 1.82) is 0 Å². The van der Waals surface area contributed by atoms with Crippen LogP contribution in [-0.4, -0.2) is 54.3 Å². The van der Waals surface area contributed by atoms with E-state index in [4.69, 9.17) is 0 Å². The quantitative estimate of drug-likeness (QED) is 0.603. The summed E-state index contributed by atoms with van der Waals surface area (Å²) in [5, 5.41) is 9.10. The van der Waals surface area contributed by atoms with Crippen molar-refractivity contribution >= 4 is 23.4 Å². The molecule has 3 amide bonds. The molecule has 0 saturated carbocycles. The van der Waals surface area contributed by atoms with E-state index >= 15 is 0 Å². The Morgan fingerprint density at radius 3 is 2.50 bits per heavy atom. The summed E-state index contributed by atoms with van der Waals surface area (Å²) in [6, 6.07) is 8.63. The normalized spacial score (nSPS) is 22.8. The first kappa shape index (κ1) is 24.3. The van der Waals surface area contributed by atoms with E-state index < -0.39 is 17.8 Å². The first-order valence-corrected chi connectivity index (χ1v) is 12.2. The highest BCUT2D eigenvalue weighted by Gasteiger charge is 2.40. The summed E-state index contributed by atoms with van der Waals surface area (Å²) in [6.45, 7) is 1.90. The Kier molecular flexibility index (Phi) is 6.46. The number of hydrogen-bond donors (Lipinski definition) is 3. The second-order valence-corrected chi connectivity index (χ2v) is 9.60. The Morgan fingerprint density at radius 1 is 1.00 bits per heavy atom. The van der Waals surface area contributed by atoms with Gasteiger partial charge in [0, 0.05) is 18.5 Å². The molecular formula is C26H27F3N4O3. The molecule has 0 aliphatic carbocycles. The van der Waals surface area contributed by atoms with Gasteiger partial charge in [-0.2, -0.15) is 13.2 Å². The van der Waals surface area contributed by atoms with Crippen molar-refractivity contribution in [2.45, 2.75) is 43.9 Å². The second-order valence-electron chi connectivity index (χ2n) is 9.60. The first-order valence-electron chi connectivity index (χ1n) is 12.2. The lowest BCUT2D eigenvalue weighted by atomic mass is 9.93. The third kappa shape index (κ3) is 4.82. The van der Waals surface area contributed by atoms with Gasteiger partial charge in [0.15, 0.2) is 0 Å². The molecule has 2 aromatic carbocycles. The van der Waals surface area contributed by atoms with Crippen molar-refractivity contribution in [1.82, 2.24) is 15.5 Å². The number of fused-ring (bicyclic) bond motifs is 2. The van der Waals surface area contributed by atoms with Gasteiger partial charge in [0.2, 0.25) is 11.8 Å². The highest BCUT2D eigenvalue weighted by molar-refractivity contribution is 6.10. The van der Waals surface area contributed by atoms with Crippen LogP contribution in [-0.2, 0) is 15.8 Å². The number of alkyl halides is 3.